The molecule has 0 saturated heterocycles. The van der Waals surface area contributed by atoms with Gasteiger partial charge in [-0.05, 0) is 62.2 Å². The van der Waals surface area contributed by atoms with E-state index in [-0.39, 0.29) is 4.90 Å². The Hall–Kier alpha value is -3.39. The minimum Gasteiger partial charge on any atom is -0.497 e. The van der Waals surface area contributed by atoms with E-state index in [0.29, 0.717) is 23.1 Å². The molecule has 0 saturated carbocycles. The molecule has 0 atom stereocenters. The number of nitrogens with one attached hydrogen (secondary N) is 1. The summed E-state index contributed by atoms with van der Waals surface area (Å²) < 4.78 is 35.1. The molecule has 7 nitrogen and oxygen atoms in total. The van der Waals surface area contributed by atoms with Crippen LogP contribution in [0.1, 0.15) is 16.8 Å². The molecule has 0 radical (unpaired) electrons. The lowest BCUT2D eigenvalue weighted by molar-refractivity contribution is 0.414. The molecule has 2 aromatic heterocycles. The number of sulfonamides is 1. The van der Waals surface area contributed by atoms with E-state index in [4.69, 9.17) is 9.72 Å². The summed E-state index contributed by atoms with van der Waals surface area (Å²) in [6.45, 7) is 5.81. The average Bonchev–Trinajstić information content (AvgIpc) is 3.08. The molecule has 30 heavy (non-hydrogen) atoms. The third-order valence-corrected chi connectivity index (χ3v) is 6.26. The minimum absolute atomic E-state index is 0.132. The number of para-hydroxylation sites is 1. The molecule has 154 valence electrons. The number of benzene rings is 2. The predicted molar refractivity (Wildman–Crippen MR) is 117 cm³/mol. The molecule has 0 aliphatic carbocycles. The first-order valence-electron chi connectivity index (χ1n) is 9.39. The summed E-state index contributed by atoms with van der Waals surface area (Å²) in [6.07, 6.45) is 0. The van der Waals surface area contributed by atoms with Gasteiger partial charge in [-0.25, -0.2) is 13.4 Å². The second kappa shape index (κ2) is 7.46. The van der Waals surface area contributed by atoms with Gasteiger partial charge in [-0.1, -0.05) is 18.2 Å². The summed E-state index contributed by atoms with van der Waals surface area (Å²) in [5, 5.41) is 5.53. The molecule has 0 aliphatic rings. The van der Waals surface area contributed by atoms with Crippen LogP contribution in [0.3, 0.4) is 0 Å². The first-order chi connectivity index (χ1) is 14.3. The maximum absolute atomic E-state index is 12.9. The predicted octanol–water partition coefficient (Wildman–Crippen LogP) is 4.16. The largest absolute Gasteiger partial charge is 0.497 e. The average molecular weight is 423 g/mol. The van der Waals surface area contributed by atoms with E-state index < -0.39 is 10.0 Å². The number of hydrogen-bond donors (Lipinski definition) is 1. The second-order valence-corrected chi connectivity index (χ2v) is 8.81. The minimum atomic E-state index is -3.81. The van der Waals surface area contributed by atoms with Crippen LogP contribution in [0, 0.1) is 20.8 Å². The van der Waals surface area contributed by atoms with Crippen molar-refractivity contribution in [1.82, 2.24) is 14.8 Å². The zero-order valence-electron chi connectivity index (χ0n) is 17.2. The van der Waals surface area contributed by atoms with Gasteiger partial charge >= 0.3 is 0 Å². The molecule has 1 N–H and O–H groups in total. The van der Waals surface area contributed by atoms with Gasteiger partial charge in [0.2, 0.25) is 0 Å². The van der Waals surface area contributed by atoms with Crippen molar-refractivity contribution < 1.29 is 13.2 Å². The Bertz CT molecular complexity index is 1340. The van der Waals surface area contributed by atoms with Crippen molar-refractivity contribution in [2.45, 2.75) is 25.7 Å². The monoisotopic (exact) mass is 422 g/mol. The highest BCUT2D eigenvalue weighted by Crippen LogP contribution is 2.26. The second-order valence-electron chi connectivity index (χ2n) is 7.13. The Morgan fingerprint density at radius 3 is 2.40 bits per heavy atom. The number of rotatable bonds is 5. The first-order valence-corrected chi connectivity index (χ1v) is 10.9. The van der Waals surface area contributed by atoms with Crippen molar-refractivity contribution in [1.29, 1.82) is 0 Å². The van der Waals surface area contributed by atoms with Crippen LogP contribution < -0.4 is 9.46 Å². The van der Waals surface area contributed by atoms with Crippen molar-refractivity contribution in [2.75, 3.05) is 11.8 Å². The molecule has 8 heteroatoms. The van der Waals surface area contributed by atoms with Crippen LogP contribution in [0.15, 0.2) is 59.5 Å². The van der Waals surface area contributed by atoms with Crippen LogP contribution in [0.25, 0.3) is 16.7 Å². The van der Waals surface area contributed by atoms with Crippen molar-refractivity contribution in [2.24, 2.45) is 0 Å². The maximum Gasteiger partial charge on any atom is 0.263 e. The van der Waals surface area contributed by atoms with E-state index in [1.807, 2.05) is 38.1 Å². The molecule has 0 aliphatic heterocycles. The Balaban J connectivity index is 1.78. The Kier molecular flexibility index (Phi) is 4.95. The summed E-state index contributed by atoms with van der Waals surface area (Å²) in [5.41, 5.74) is 3.62. The molecular weight excluding hydrogens is 400 g/mol. The number of pyridine rings is 1. The molecule has 4 aromatic rings. The Labute approximate surface area is 175 Å². The van der Waals surface area contributed by atoms with Crippen molar-refractivity contribution >= 4 is 26.7 Å². The summed E-state index contributed by atoms with van der Waals surface area (Å²) in [5.74, 6) is 1.46. The highest BCUT2D eigenvalue weighted by atomic mass is 32.2. The summed E-state index contributed by atoms with van der Waals surface area (Å²) >= 11 is 0. The number of aromatic nitrogens is 3. The first kappa shape index (κ1) is 19.9. The fourth-order valence-electron chi connectivity index (χ4n) is 3.35. The highest BCUT2D eigenvalue weighted by molar-refractivity contribution is 7.92. The zero-order valence-corrected chi connectivity index (χ0v) is 18.0. The van der Waals surface area contributed by atoms with E-state index >= 15 is 0 Å². The fraction of sp³-hybridized carbons (Fsp3) is 0.182. The van der Waals surface area contributed by atoms with Gasteiger partial charge in [0.15, 0.2) is 5.82 Å². The molecule has 2 heterocycles. The van der Waals surface area contributed by atoms with Crippen LogP contribution in [-0.4, -0.2) is 30.3 Å². The van der Waals surface area contributed by atoms with Crippen LogP contribution in [-0.2, 0) is 10.0 Å². The SMILES string of the molecule is COc1ccc(S(=O)(=O)Nc2cc(C)nn2-c2cc(C)c3cccc(C)c3n2)cc1. The van der Waals surface area contributed by atoms with Crippen molar-refractivity contribution in [3.8, 4) is 11.6 Å². The number of ether oxygens (including phenoxy) is 1. The number of nitrogens with zero attached hydrogens (tertiary/aromatic N) is 3. The van der Waals surface area contributed by atoms with E-state index in [1.54, 1.807) is 25.1 Å². The van der Waals surface area contributed by atoms with Gasteiger partial charge < -0.3 is 4.74 Å². The standard InChI is InChI=1S/C22H22N4O3S/c1-14-6-5-7-19-15(2)12-20(23-22(14)19)26-21(13-16(3)24-26)25-30(27,28)18-10-8-17(29-4)9-11-18/h5-13,25H,1-4H3. The number of methoxy groups -OCH3 is 1. The van der Waals surface area contributed by atoms with E-state index in [2.05, 4.69) is 9.82 Å². The van der Waals surface area contributed by atoms with Gasteiger partial charge in [-0.3, -0.25) is 4.72 Å². The van der Waals surface area contributed by atoms with Crippen molar-refractivity contribution in [3.63, 3.8) is 0 Å². The molecule has 4 rings (SSSR count). The van der Waals surface area contributed by atoms with Crippen LogP contribution in [0.5, 0.6) is 5.75 Å². The summed E-state index contributed by atoms with van der Waals surface area (Å²) in [6, 6.07) is 15.8. The fourth-order valence-corrected chi connectivity index (χ4v) is 4.38. The number of hydrogen-bond acceptors (Lipinski definition) is 5. The van der Waals surface area contributed by atoms with E-state index in [9.17, 15) is 8.42 Å². The molecule has 0 spiro atoms. The van der Waals surface area contributed by atoms with Crippen LogP contribution >= 0.6 is 0 Å². The van der Waals surface area contributed by atoms with Gasteiger partial charge in [0.25, 0.3) is 10.0 Å². The maximum atomic E-state index is 12.9. The Morgan fingerprint density at radius 2 is 1.70 bits per heavy atom. The van der Waals surface area contributed by atoms with E-state index in [0.717, 1.165) is 22.0 Å². The molecule has 0 bridgehead atoms. The quantitative estimate of drug-likeness (QED) is 0.522. The van der Waals surface area contributed by atoms with Crippen LogP contribution in [0.2, 0.25) is 0 Å². The number of anilines is 1. The number of fused-ring (bicyclic) bond motifs is 1. The Morgan fingerprint density at radius 1 is 0.967 bits per heavy atom. The molecule has 2 aromatic carbocycles. The van der Waals surface area contributed by atoms with Gasteiger partial charge in [0, 0.05) is 11.5 Å². The molecule has 0 unspecified atom stereocenters. The summed E-state index contributed by atoms with van der Waals surface area (Å²) in [7, 11) is -2.28. The molecular formula is C22H22N4O3S. The lowest BCUT2D eigenvalue weighted by Crippen LogP contribution is -2.16. The number of aryl methyl sites for hydroxylation is 3. The van der Waals surface area contributed by atoms with Gasteiger partial charge in [0.1, 0.15) is 11.6 Å². The molecule has 0 amide bonds. The van der Waals surface area contributed by atoms with Gasteiger partial charge in [0.05, 0.1) is 23.2 Å². The van der Waals surface area contributed by atoms with Gasteiger partial charge in [-0.2, -0.15) is 9.78 Å². The van der Waals surface area contributed by atoms with Gasteiger partial charge in [-0.15, -0.1) is 0 Å². The topological polar surface area (TPSA) is 86.1 Å². The third-order valence-electron chi connectivity index (χ3n) is 4.89. The third kappa shape index (κ3) is 3.61. The summed E-state index contributed by atoms with van der Waals surface area (Å²) in [4.78, 5) is 4.89. The lowest BCUT2D eigenvalue weighted by Gasteiger charge is -2.13. The van der Waals surface area contributed by atoms with Crippen LogP contribution in [0.4, 0.5) is 5.82 Å². The van der Waals surface area contributed by atoms with Crippen molar-refractivity contribution in [3.05, 3.63) is 71.4 Å². The normalized spacial score (nSPS) is 11.6. The highest BCUT2D eigenvalue weighted by Gasteiger charge is 2.19. The lowest BCUT2D eigenvalue weighted by atomic mass is 10.1. The smallest absolute Gasteiger partial charge is 0.263 e. The molecule has 0 fully saturated rings. The van der Waals surface area contributed by atoms with E-state index in [1.165, 1.54) is 23.9 Å². The zero-order chi connectivity index (χ0) is 21.5.